The molecule has 0 bridgehead atoms. The Morgan fingerprint density at radius 1 is 0.857 bits per heavy atom. The van der Waals surface area contributed by atoms with Gasteiger partial charge in [0.15, 0.2) is 0 Å². The number of hydrogen-bond acceptors (Lipinski definition) is 4. The molecule has 0 aromatic heterocycles. The van der Waals surface area contributed by atoms with Crippen molar-refractivity contribution in [1.82, 2.24) is 9.80 Å². The largest absolute Gasteiger partial charge is 0.497 e. The molecule has 0 radical (unpaired) electrons. The van der Waals surface area contributed by atoms with Gasteiger partial charge < -0.3 is 14.4 Å². The van der Waals surface area contributed by atoms with E-state index in [4.69, 9.17) is 9.47 Å². The monoisotopic (exact) mass is 382 g/mol. The molecule has 1 aliphatic rings. The number of piperazine rings is 1. The highest BCUT2D eigenvalue weighted by atomic mass is 16.5. The van der Waals surface area contributed by atoms with E-state index in [0.717, 1.165) is 48.8 Å². The third-order valence-electron chi connectivity index (χ3n) is 5.31. The lowest BCUT2D eigenvalue weighted by molar-refractivity contribution is 0.0451. The van der Waals surface area contributed by atoms with E-state index in [1.54, 1.807) is 14.2 Å². The Morgan fingerprint density at radius 2 is 1.46 bits per heavy atom. The van der Waals surface area contributed by atoms with Gasteiger partial charge in [-0.2, -0.15) is 0 Å². The number of amides is 1. The first-order chi connectivity index (χ1) is 13.3. The summed E-state index contributed by atoms with van der Waals surface area (Å²) in [7, 11) is 3.27. The van der Waals surface area contributed by atoms with Crippen LogP contribution in [0.5, 0.6) is 11.5 Å². The first-order valence-corrected chi connectivity index (χ1v) is 9.69. The van der Waals surface area contributed by atoms with E-state index in [0.29, 0.717) is 5.56 Å². The van der Waals surface area contributed by atoms with Crippen LogP contribution in [0.2, 0.25) is 0 Å². The predicted molar refractivity (Wildman–Crippen MR) is 112 cm³/mol. The van der Waals surface area contributed by atoms with E-state index in [-0.39, 0.29) is 11.4 Å². The van der Waals surface area contributed by atoms with E-state index >= 15 is 0 Å². The molecule has 5 nitrogen and oxygen atoms in total. The van der Waals surface area contributed by atoms with Crippen LogP contribution < -0.4 is 9.47 Å². The van der Waals surface area contributed by atoms with Gasteiger partial charge in [-0.05, 0) is 56.2 Å². The minimum absolute atomic E-state index is 0.0882. The van der Waals surface area contributed by atoms with E-state index < -0.39 is 0 Å². The van der Waals surface area contributed by atoms with Crippen molar-refractivity contribution in [2.24, 2.45) is 0 Å². The number of carbonyl (C=O) groups is 1. The Balaban J connectivity index is 1.79. The average molecular weight is 383 g/mol. The Bertz CT molecular complexity index is 812. The van der Waals surface area contributed by atoms with Gasteiger partial charge in [-0.1, -0.05) is 12.1 Å². The van der Waals surface area contributed by atoms with E-state index in [1.165, 1.54) is 0 Å². The molecule has 0 unspecified atom stereocenters. The molecule has 1 heterocycles. The Labute approximate surface area is 167 Å². The van der Waals surface area contributed by atoms with Crippen molar-refractivity contribution >= 4 is 5.91 Å². The Hall–Kier alpha value is -2.53. The molecule has 1 saturated heterocycles. The van der Waals surface area contributed by atoms with Gasteiger partial charge in [0.05, 0.1) is 14.2 Å². The molecule has 5 heteroatoms. The second-order valence-electron chi connectivity index (χ2n) is 8.13. The van der Waals surface area contributed by atoms with Crippen LogP contribution in [-0.2, 0) is 0 Å². The van der Waals surface area contributed by atoms with Crippen molar-refractivity contribution in [3.8, 4) is 22.6 Å². The van der Waals surface area contributed by atoms with Gasteiger partial charge in [-0.3, -0.25) is 9.69 Å². The van der Waals surface area contributed by atoms with Crippen LogP contribution in [0.3, 0.4) is 0 Å². The van der Waals surface area contributed by atoms with Gasteiger partial charge in [-0.25, -0.2) is 0 Å². The van der Waals surface area contributed by atoms with Crippen molar-refractivity contribution < 1.29 is 14.3 Å². The van der Waals surface area contributed by atoms with E-state index in [1.807, 2.05) is 47.4 Å². The van der Waals surface area contributed by atoms with Gasteiger partial charge >= 0.3 is 0 Å². The molecule has 1 fully saturated rings. The zero-order valence-electron chi connectivity index (χ0n) is 17.5. The van der Waals surface area contributed by atoms with Crippen LogP contribution in [0.15, 0.2) is 42.5 Å². The van der Waals surface area contributed by atoms with Crippen molar-refractivity contribution in [2.75, 3.05) is 40.4 Å². The van der Waals surface area contributed by atoms with Gasteiger partial charge in [0.25, 0.3) is 5.91 Å². The van der Waals surface area contributed by atoms with Crippen LogP contribution in [0, 0.1) is 0 Å². The summed E-state index contributed by atoms with van der Waals surface area (Å²) in [6.07, 6.45) is 0. The van der Waals surface area contributed by atoms with Crippen LogP contribution >= 0.6 is 0 Å². The number of ether oxygens (including phenoxy) is 2. The molecule has 150 valence electrons. The van der Waals surface area contributed by atoms with Crippen molar-refractivity contribution in [3.05, 3.63) is 48.0 Å². The molecular formula is C23H30N2O3. The zero-order valence-corrected chi connectivity index (χ0v) is 17.5. The summed E-state index contributed by atoms with van der Waals surface area (Å²) in [5, 5.41) is 0. The smallest absolute Gasteiger partial charge is 0.253 e. The fraction of sp³-hybridized carbons (Fsp3) is 0.435. The molecule has 0 atom stereocenters. The van der Waals surface area contributed by atoms with Crippen LogP contribution in [-0.4, -0.2) is 61.6 Å². The maximum absolute atomic E-state index is 13.0. The van der Waals surface area contributed by atoms with E-state index in [2.05, 4.69) is 25.7 Å². The first kappa shape index (κ1) is 20.2. The fourth-order valence-electron chi connectivity index (χ4n) is 3.57. The summed E-state index contributed by atoms with van der Waals surface area (Å²) >= 11 is 0. The molecule has 0 spiro atoms. The molecule has 2 aromatic rings. The lowest BCUT2D eigenvalue weighted by Crippen LogP contribution is -2.54. The number of methoxy groups -OCH3 is 2. The number of nitrogens with zero attached hydrogens (tertiary/aromatic N) is 2. The normalized spacial score (nSPS) is 15.4. The van der Waals surface area contributed by atoms with Crippen LogP contribution in [0.25, 0.3) is 11.1 Å². The van der Waals surface area contributed by atoms with Gasteiger partial charge in [0, 0.05) is 43.3 Å². The van der Waals surface area contributed by atoms with Gasteiger partial charge in [0.2, 0.25) is 0 Å². The summed E-state index contributed by atoms with van der Waals surface area (Å²) in [5.74, 6) is 1.54. The average Bonchev–Trinajstić information content (AvgIpc) is 2.72. The topological polar surface area (TPSA) is 42.0 Å². The van der Waals surface area contributed by atoms with Gasteiger partial charge in [0.1, 0.15) is 11.5 Å². The summed E-state index contributed by atoms with van der Waals surface area (Å²) in [5.41, 5.74) is 2.78. The van der Waals surface area contributed by atoms with Crippen LogP contribution in [0.1, 0.15) is 31.1 Å². The third kappa shape index (κ3) is 4.47. The summed E-state index contributed by atoms with van der Waals surface area (Å²) in [4.78, 5) is 17.4. The minimum atomic E-state index is 0.0882. The number of benzene rings is 2. The molecule has 3 rings (SSSR count). The van der Waals surface area contributed by atoms with Crippen molar-refractivity contribution in [1.29, 1.82) is 0 Å². The Morgan fingerprint density at radius 3 is 2.00 bits per heavy atom. The number of carbonyl (C=O) groups excluding carboxylic acids is 1. The van der Waals surface area contributed by atoms with Gasteiger partial charge in [-0.15, -0.1) is 0 Å². The molecular weight excluding hydrogens is 352 g/mol. The SMILES string of the molecule is COc1cc(OC)cc(-c2cccc(C(=O)N3CCN(C(C)(C)C)CC3)c2)c1. The molecule has 0 aliphatic carbocycles. The highest BCUT2D eigenvalue weighted by Crippen LogP contribution is 2.30. The maximum atomic E-state index is 13.0. The lowest BCUT2D eigenvalue weighted by atomic mass is 10.0. The Kier molecular flexibility index (Phi) is 5.94. The summed E-state index contributed by atoms with van der Waals surface area (Å²) < 4.78 is 10.7. The predicted octanol–water partition coefficient (Wildman–Crippen LogP) is 3.93. The standard InChI is InChI=1S/C23H30N2O3/c1-23(2,3)25-11-9-24(10-12-25)22(26)18-8-6-7-17(13-18)19-14-20(27-4)16-21(15-19)28-5/h6-8,13-16H,9-12H2,1-5H3. The zero-order chi connectivity index (χ0) is 20.3. The summed E-state index contributed by atoms with van der Waals surface area (Å²) in [6, 6.07) is 13.5. The molecule has 28 heavy (non-hydrogen) atoms. The molecule has 2 aromatic carbocycles. The van der Waals surface area contributed by atoms with Crippen molar-refractivity contribution in [2.45, 2.75) is 26.3 Å². The number of rotatable bonds is 4. The molecule has 1 aliphatic heterocycles. The first-order valence-electron chi connectivity index (χ1n) is 9.69. The molecule has 0 saturated carbocycles. The van der Waals surface area contributed by atoms with Crippen molar-refractivity contribution in [3.63, 3.8) is 0 Å². The highest BCUT2D eigenvalue weighted by molar-refractivity contribution is 5.95. The van der Waals surface area contributed by atoms with Crippen LogP contribution in [0.4, 0.5) is 0 Å². The second-order valence-corrected chi connectivity index (χ2v) is 8.13. The minimum Gasteiger partial charge on any atom is -0.497 e. The third-order valence-corrected chi connectivity index (χ3v) is 5.31. The summed E-state index contributed by atoms with van der Waals surface area (Å²) in [6.45, 7) is 9.98. The molecule has 1 amide bonds. The maximum Gasteiger partial charge on any atom is 0.253 e. The quantitative estimate of drug-likeness (QED) is 0.804. The lowest BCUT2D eigenvalue weighted by Gasteiger charge is -2.42. The number of hydrogen-bond donors (Lipinski definition) is 0. The molecule has 0 N–H and O–H groups in total. The fourth-order valence-corrected chi connectivity index (χ4v) is 3.57. The highest BCUT2D eigenvalue weighted by Gasteiger charge is 2.28. The van der Waals surface area contributed by atoms with E-state index in [9.17, 15) is 4.79 Å². The second kappa shape index (κ2) is 8.23.